The van der Waals surface area contributed by atoms with Crippen molar-refractivity contribution in [1.82, 2.24) is 0 Å². The summed E-state index contributed by atoms with van der Waals surface area (Å²) in [6, 6.07) is 11.7. The molecule has 2 aromatic carbocycles. The molecule has 104 valence electrons. The highest BCUT2D eigenvalue weighted by atomic mass is 32.2. The van der Waals surface area contributed by atoms with Gasteiger partial charge in [0.1, 0.15) is 5.75 Å². The van der Waals surface area contributed by atoms with Gasteiger partial charge in [-0.15, -0.1) is 0 Å². The van der Waals surface area contributed by atoms with Crippen molar-refractivity contribution in [1.29, 1.82) is 0 Å². The van der Waals surface area contributed by atoms with Gasteiger partial charge < -0.3 is 4.18 Å². The van der Waals surface area contributed by atoms with E-state index in [1.165, 1.54) is 24.3 Å². The van der Waals surface area contributed by atoms with Crippen molar-refractivity contribution in [3.8, 4) is 5.75 Å². The first-order chi connectivity index (χ1) is 9.40. The van der Waals surface area contributed by atoms with Crippen molar-refractivity contribution in [2.45, 2.75) is 11.8 Å². The zero-order valence-corrected chi connectivity index (χ0v) is 11.3. The van der Waals surface area contributed by atoms with E-state index >= 15 is 0 Å². The zero-order valence-electron chi connectivity index (χ0n) is 10.5. The number of rotatable bonds is 4. The van der Waals surface area contributed by atoms with Gasteiger partial charge >= 0.3 is 10.1 Å². The topological polar surface area (TPSA) is 86.5 Å². The van der Waals surface area contributed by atoms with Crippen LogP contribution in [0.4, 0.5) is 5.69 Å². The number of para-hydroxylation sites is 1. The van der Waals surface area contributed by atoms with Crippen LogP contribution >= 0.6 is 0 Å². The van der Waals surface area contributed by atoms with E-state index in [1.807, 2.05) is 0 Å². The van der Waals surface area contributed by atoms with Crippen LogP contribution in [0, 0.1) is 17.0 Å². The summed E-state index contributed by atoms with van der Waals surface area (Å²) >= 11 is 0. The molecule has 0 spiro atoms. The van der Waals surface area contributed by atoms with Gasteiger partial charge in [0, 0.05) is 6.07 Å². The van der Waals surface area contributed by atoms with E-state index < -0.39 is 25.6 Å². The average molecular weight is 293 g/mol. The van der Waals surface area contributed by atoms with Crippen LogP contribution in [0.15, 0.2) is 53.4 Å². The lowest BCUT2D eigenvalue weighted by Crippen LogP contribution is -2.12. The molecule has 7 heteroatoms. The fourth-order valence-electron chi connectivity index (χ4n) is 1.62. The molecule has 0 aromatic heterocycles. The number of hydrogen-bond acceptors (Lipinski definition) is 5. The van der Waals surface area contributed by atoms with Crippen LogP contribution in [0.1, 0.15) is 5.56 Å². The molecule has 20 heavy (non-hydrogen) atoms. The van der Waals surface area contributed by atoms with Gasteiger partial charge in [-0.3, -0.25) is 10.1 Å². The zero-order chi connectivity index (χ0) is 14.8. The molecule has 6 nitrogen and oxygen atoms in total. The van der Waals surface area contributed by atoms with E-state index in [1.54, 1.807) is 25.1 Å². The van der Waals surface area contributed by atoms with Crippen molar-refractivity contribution >= 4 is 15.8 Å². The second-order valence-electron chi connectivity index (χ2n) is 4.08. The average Bonchev–Trinajstić information content (AvgIpc) is 2.39. The summed E-state index contributed by atoms with van der Waals surface area (Å²) in [5.41, 5.74) is 0.0809. The van der Waals surface area contributed by atoms with E-state index in [0.29, 0.717) is 5.56 Å². The first-order valence-electron chi connectivity index (χ1n) is 5.65. The summed E-state index contributed by atoms with van der Waals surface area (Å²) < 4.78 is 29.2. The van der Waals surface area contributed by atoms with E-state index in [-0.39, 0.29) is 5.75 Å². The number of benzene rings is 2. The molecule has 0 N–H and O–H groups in total. The fraction of sp³-hybridized carbons (Fsp3) is 0.0769. The summed E-state index contributed by atoms with van der Waals surface area (Å²) in [5.74, 6) is 0.100. The quantitative estimate of drug-likeness (QED) is 0.491. The van der Waals surface area contributed by atoms with Crippen LogP contribution in [-0.4, -0.2) is 13.3 Å². The van der Waals surface area contributed by atoms with Crippen molar-refractivity contribution in [3.63, 3.8) is 0 Å². The molecule has 0 unspecified atom stereocenters. The van der Waals surface area contributed by atoms with Crippen LogP contribution in [0.25, 0.3) is 0 Å². The number of aryl methyl sites for hydroxylation is 1. The minimum absolute atomic E-state index is 0.100. The van der Waals surface area contributed by atoms with Gasteiger partial charge in [0.05, 0.1) is 4.92 Å². The highest BCUT2D eigenvalue weighted by Gasteiger charge is 2.27. The Hall–Kier alpha value is -2.41. The van der Waals surface area contributed by atoms with Gasteiger partial charge in [-0.25, -0.2) is 0 Å². The molecule has 0 radical (unpaired) electrons. The third-order valence-electron chi connectivity index (χ3n) is 2.53. The van der Waals surface area contributed by atoms with E-state index in [4.69, 9.17) is 4.18 Å². The maximum absolute atomic E-state index is 12.2. The van der Waals surface area contributed by atoms with E-state index in [2.05, 4.69) is 0 Å². The van der Waals surface area contributed by atoms with Gasteiger partial charge in [0.2, 0.25) is 0 Å². The molecule has 0 amide bonds. The monoisotopic (exact) mass is 293 g/mol. The lowest BCUT2D eigenvalue weighted by Gasteiger charge is -2.07. The van der Waals surface area contributed by atoms with E-state index in [0.717, 1.165) is 6.07 Å². The molecule has 2 rings (SSSR count). The summed E-state index contributed by atoms with van der Waals surface area (Å²) in [6.07, 6.45) is 0. The first-order valence-corrected chi connectivity index (χ1v) is 7.05. The molecule has 0 fully saturated rings. The number of nitro benzene ring substituents is 1. The Kier molecular flexibility index (Phi) is 3.71. The predicted octanol–water partition coefficient (Wildman–Crippen LogP) is 2.67. The minimum Gasteiger partial charge on any atom is -0.379 e. The molecule has 0 saturated carbocycles. The second-order valence-corrected chi connectivity index (χ2v) is 5.59. The Bertz CT molecular complexity index is 741. The van der Waals surface area contributed by atoms with Crippen LogP contribution in [-0.2, 0) is 10.1 Å². The molecular formula is C13H11NO5S. The van der Waals surface area contributed by atoms with Crippen LogP contribution in [0.5, 0.6) is 5.75 Å². The maximum atomic E-state index is 12.2. The van der Waals surface area contributed by atoms with Crippen molar-refractivity contribution < 1.29 is 17.5 Å². The third-order valence-corrected chi connectivity index (χ3v) is 3.81. The van der Waals surface area contributed by atoms with E-state index in [9.17, 15) is 18.5 Å². The van der Waals surface area contributed by atoms with Crippen molar-refractivity contribution in [2.75, 3.05) is 0 Å². The molecule has 0 aliphatic heterocycles. The smallest absolute Gasteiger partial charge is 0.346 e. The summed E-state index contributed by atoms with van der Waals surface area (Å²) in [6.45, 7) is 1.64. The predicted molar refractivity (Wildman–Crippen MR) is 72.1 cm³/mol. The van der Waals surface area contributed by atoms with Gasteiger partial charge in [0.25, 0.3) is 5.69 Å². The Morgan fingerprint density at radius 2 is 1.75 bits per heavy atom. The number of hydrogen-bond donors (Lipinski definition) is 0. The first kappa shape index (κ1) is 14.0. The normalized spacial score (nSPS) is 11.1. The summed E-state index contributed by atoms with van der Waals surface area (Å²) in [5, 5.41) is 10.9. The molecule has 0 atom stereocenters. The van der Waals surface area contributed by atoms with Gasteiger partial charge in [-0.05, 0) is 30.7 Å². The minimum atomic E-state index is -4.25. The molecule has 0 saturated heterocycles. The fourth-order valence-corrected chi connectivity index (χ4v) is 2.80. The van der Waals surface area contributed by atoms with Gasteiger partial charge in [0.15, 0.2) is 4.90 Å². The Labute approximate surface area is 115 Å². The van der Waals surface area contributed by atoms with Gasteiger partial charge in [-0.1, -0.05) is 24.3 Å². The summed E-state index contributed by atoms with van der Waals surface area (Å²) in [7, 11) is -4.25. The molecular weight excluding hydrogens is 282 g/mol. The number of nitro groups is 1. The molecule has 0 aliphatic carbocycles. The van der Waals surface area contributed by atoms with Crippen LogP contribution < -0.4 is 4.18 Å². The second kappa shape index (κ2) is 5.30. The van der Waals surface area contributed by atoms with Crippen molar-refractivity contribution in [3.05, 3.63) is 64.2 Å². The Morgan fingerprint density at radius 3 is 2.35 bits per heavy atom. The standard InChI is InChI=1S/C13H11NO5S/c1-10-7-8-12(14(15)16)13(9-10)20(17,18)19-11-5-3-2-4-6-11/h2-9H,1H3. The molecule has 2 aromatic rings. The highest BCUT2D eigenvalue weighted by Crippen LogP contribution is 2.27. The molecule has 0 heterocycles. The maximum Gasteiger partial charge on any atom is 0.346 e. The largest absolute Gasteiger partial charge is 0.379 e. The van der Waals surface area contributed by atoms with Crippen molar-refractivity contribution in [2.24, 2.45) is 0 Å². The highest BCUT2D eigenvalue weighted by molar-refractivity contribution is 7.87. The van der Waals surface area contributed by atoms with Gasteiger partial charge in [-0.2, -0.15) is 8.42 Å². The van der Waals surface area contributed by atoms with Crippen LogP contribution in [0.3, 0.4) is 0 Å². The number of nitrogens with zero attached hydrogens (tertiary/aromatic N) is 1. The Morgan fingerprint density at radius 1 is 1.10 bits per heavy atom. The van der Waals surface area contributed by atoms with Crippen LogP contribution in [0.2, 0.25) is 0 Å². The molecule has 0 bridgehead atoms. The summed E-state index contributed by atoms with van der Waals surface area (Å²) in [4.78, 5) is 9.72. The third kappa shape index (κ3) is 2.94. The molecule has 0 aliphatic rings. The SMILES string of the molecule is Cc1ccc([N+](=O)[O-])c(S(=O)(=O)Oc2ccccc2)c1. The lowest BCUT2D eigenvalue weighted by molar-refractivity contribution is -0.387. The lowest BCUT2D eigenvalue weighted by atomic mass is 10.2. The Balaban J connectivity index is 2.49.